The second-order valence-corrected chi connectivity index (χ2v) is 6.16. The van der Waals surface area contributed by atoms with Crippen molar-refractivity contribution in [3.8, 4) is 17.2 Å². The monoisotopic (exact) mass is 382 g/mol. The minimum Gasteiger partial charge on any atom is -0.487 e. The third kappa shape index (κ3) is 4.95. The number of aromatic nitrogens is 2. The van der Waals surface area contributed by atoms with Gasteiger partial charge >= 0.3 is 5.97 Å². The van der Waals surface area contributed by atoms with E-state index in [2.05, 4.69) is 9.97 Å². The molecule has 0 amide bonds. The quantitative estimate of drug-likeness (QED) is 0.593. The van der Waals surface area contributed by atoms with Crippen molar-refractivity contribution < 1.29 is 23.8 Å². The van der Waals surface area contributed by atoms with E-state index in [0.29, 0.717) is 29.7 Å². The molecule has 3 rings (SSSR count). The Morgan fingerprint density at radius 1 is 1.18 bits per heavy atom. The van der Waals surface area contributed by atoms with Crippen LogP contribution in [0.4, 0.5) is 0 Å². The molecule has 0 spiro atoms. The van der Waals surface area contributed by atoms with Crippen molar-refractivity contribution in [1.29, 1.82) is 0 Å². The van der Waals surface area contributed by atoms with Crippen LogP contribution in [-0.2, 0) is 16.1 Å². The number of oxazole rings is 1. The van der Waals surface area contributed by atoms with Crippen LogP contribution in [-0.4, -0.2) is 27.7 Å². The Morgan fingerprint density at radius 2 is 1.89 bits per heavy atom. The summed E-state index contributed by atoms with van der Waals surface area (Å²) in [7, 11) is 0. The molecule has 3 aromatic rings. The number of aliphatic carboxylic acids is 1. The van der Waals surface area contributed by atoms with Crippen molar-refractivity contribution in [2.45, 2.75) is 33.0 Å². The van der Waals surface area contributed by atoms with Crippen molar-refractivity contribution in [1.82, 2.24) is 9.97 Å². The standard InChI is InChI=1S/C21H22N2O5/c1-3-26-19(12-20(24)25)15-4-6-17(7-5-15)27-13-18-14(2)28-21(23-18)16-8-10-22-11-9-16/h4-11,19H,3,12-13H2,1-2H3,(H,24,25). The average Bonchev–Trinajstić information content (AvgIpc) is 3.07. The molecule has 7 nitrogen and oxygen atoms in total. The van der Waals surface area contributed by atoms with Gasteiger partial charge in [-0.15, -0.1) is 0 Å². The van der Waals surface area contributed by atoms with Crippen molar-refractivity contribution in [2.75, 3.05) is 6.61 Å². The summed E-state index contributed by atoms with van der Waals surface area (Å²) in [6.45, 7) is 4.40. The first-order valence-electron chi connectivity index (χ1n) is 8.99. The second-order valence-electron chi connectivity index (χ2n) is 6.16. The number of carbonyl (C=O) groups is 1. The van der Waals surface area contributed by atoms with E-state index in [1.54, 1.807) is 24.5 Å². The van der Waals surface area contributed by atoms with E-state index in [1.165, 1.54) is 0 Å². The fraction of sp³-hybridized carbons (Fsp3) is 0.286. The predicted molar refractivity (Wildman–Crippen MR) is 102 cm³/mol. The Kier molecular flexibility index (Phi) is 6.39. The number of ether oxygens (including phenoxy) is 2. The lowest BCUT2D eigenvalue weighted by Crippen LogP contribution is -2.10. The fourth-order valence-electron chi connectivity index (χ4n) is 2.74. The highest BCUT2D eigenvalue weighted by Crippen LogP contribution is 2.25. The maximum Gasteiger partial charge on any atom is 0.306 e. The Hall–Kier alpha value is -3.19. The molecule has 0 aliphatic rings. The number of carboxylic acids is 1. The van der Waals surface area contributed by atoms with Gasteiger partial charge in [0.1, 0.15) is 23.8 Å². The van der Waals surface area contributed by atoms with Crippen LogP contribution in [0.2, 0.25) is 0 Å². The Bertz CT molecular complexity index is 906. The highest BCUT2D eigenvalue weighted by atomic mass is 16.5. The van der Waals surface area contributed by atoms with Crippen LogP contribution in [0.5, 0.6) is 5.75 Å². The van der Waals surface area contributed by atoms with Gasteiger partial charge < -0.3 is 19.0 Å². The van der Waals surface area contributed by atoms with E-state index in [-0.39, 0.29) is 13.0 Å². The van der Waals surface area contributed by atoms with Crippen LogP contribution in [0, 0.1) is 6.92 Å². The molecule has 0 radical (unpaired) electrons. The SMILES string of the molecule is CCOC(CC(=O)O)c1ccc(OCc2nc(-c3ccncc3)oc2C)cc1. The smallest absolute Gasteiger partial charge is 0.306 e. The lowest BCUT2D eigenvalue weighted by atomic mass is 10.1. The molecule has 0 saturated heterocycles. The highest BCUT2D eigenvalue weighted by Gasteiger charge is 2.16. The number of benzene rings is 1. The molecule has 1 N–H and O–H groups in total. The molecule has 1 atom stereocenters. The van der Waals surface area contributed by atoms with Gasteiger partial charge in [0.15, 0.2) is 0 Å². The van der Waals surface area contributed by atoms with Crippen LogP contribution < -0.4 is 4.74 Å². The summed E-state index contributed by atoms with van der Waals surface area (Å²) in [5.74, 6) is 0.982. The van der Waals surface area contributed by atoms with Gasteiger partial charge in [-0.3, -0.25) is 9.78 Å². The minimum absolute atomic E-state index is 0.0794. The van der Waals surface area contributed by atoms with Crippen LogP contribution in [0.1, 0.15) is 36.5 Å². The summed E-state index contributed by atoms with van der Waals surface area (Å²) in [6.07, 6.45) is 2.82. The molecular formula is C21H22N2O5. The zero-order chi connectivity index (χ0) is 19.9. The van der Waals surface area contributed by atoms with Gasteiger partial charge in [-0.05, 0) is 43.7 Å². The first kappa shape index (κ1) is 19.6. The zero-order valence-corrected chi connectivity index (χ0v) is 15.8. The number of rotatable bonds is 9. The molecule has 7 heteroatoms. The fourth-order valence-corrected chi connectivity index (χ4v) is 2.74. The van der Waals surface area contributed by atoms with Crippen molar-refractivity contribution >= 4 is 5.97 Å². The number of hydrogen-bond acceptors (Lipinski definition) is 6. The Balaban J connectivity index is 1.65. The summed E-state index contributed by atoms with van der Waals surface area (Å²) < 4.78 is 17.0. The topological polar surface area (TPSA) is 94.7 Å². The first-order valence-corrected chi connectivity index (χ1v) is 8.99. The Labute approximate surface area is 163 Å². The normalized spacial score (nSPS) is 11.9. The largest absolute Gasteiger partial charge is 0.487 e. The molecular weight excluding hydrogens is 360 g/mol. The van der Waals surface area contributed by atoms with E-state index in [9.17, 15) is 4.79 Å². The van der Waals surface area contributed by atoms with Gasteiger partial charge in [0.25, 0.3) is 0 Å². The number of aryl methyl sites for hydroxylation is 1. The highest BCUT2D eigenvalue weighted by molar-refractivity contribution is 5.67. The third-order valence-corrected chi connectivity index (χ3v) is 4.18. The average molecular weight is 382 g/mol. The number of pyridine rings is 1. The summed E-state index contributed by atoms with van der Waals surface area (Å²) in [5.41, 5.74) is 2.37. The number of carboxylic acid groups (broad SMARTS) is 1. The summed E-state index contributed by atoms with van der Waals surface area (Å²) in [6, 6.07) is 10.9. The second kappa shape index (κ2) is 9.14. The lowest BCUT2D eigenvalue weighted by Gasteiger charge is -2.15. The van der Waals surface area contributed by atoms with Gasteiger partial charge in [0.2, 0.25) is 5.89 Å². The molecule has 28 heavy (non-hydrogen) atoms. The summed E-state index contributed by atoms with van der Waals surface area (Å²) in [4.78, 5) is 19.5. The first-order chi connectivity index (χ1) is 13.6. The van der Waals surface area contributed by atoms with E-state index >= 15 is 0 Å². The van der Waals surface area contributed by atoms with Gasteiger partial charge in [-0.2, -0.15) is 0 Å². The molecule has 0 aliphatic carbocycles. The van der Waals surface area contributed by atoms with Crippen LogP contribution in [0.3, 0.4) is 0 Å². The van der Waals surface area contributed by atoms with Crippen LogP contribution in [0.25, 0.3) is 11.5 Å². The van der Waals surface area contributed by atoms with E-state index < -0.39 is 12.1 Å². The number of hydrogen-bond donors (Lipinski definition) is 1. The van der Waals surface area contributed by atoms with Gasteiger partial charge in [-0.25, -0.2) is 4.98 Å². The van der Waals surface area contributed by atoms with Gasteiger partial charge in [-0.1, -0.05) is 12.1 Å². The minimum atomic E-state index is -0.898. The van der Waals surface area contributed by atoms with Crippen LogP contribution >= 0.6 is 0 Å². The van der Waals surface area contributed by atoms with Crippen molar-refractivity contribution in [3.63, 3.8) is 0 Å². The molecule has 0 fully saturated rings. The van der Waals surface area contributed by atoms with Crippen LogP contribution in [0.15, 0.2) is 53.2 Å². The lowest BCUT2D eigenvalue weighted by molar-refractivity contribution is -0.140. The number of nitrogens with zero attached hydrogens (tertiary/aromatic N) is 2. The van der Waals surface area contributed by atoms with E-state index in [4.69, 9.17) is 19.0 Å². The molecule has 1 aromatic carbocycles. The summed E-state index contributed by atoms with van der Waals surface area (Å²) >= 11 is 0. The molecule has 2 heterocycles. The third-order valence-electron chi connectivity index (χ3n) is 4.18. The van der Waals surface area contributed by atoms with Gasteiger partial charge in [0.05, 0.1) is 12.5 Å². The maximum atomic E-state index is 11.0. The van der Waals surface area contributed by atoms with Gasteiger partial charge in [0, 0.05) is 24.6 Å². The summed E-state index contributed by atoms with van der Waals surface area (Å²) in [5, 5.41) is 9.02. The molecule has 146 valence electrons. The Morgan fingerprint density at radius 3 is 2.54 bits per heavy atom. The van der Waals surface area contributed by atoms with E-state index in [0.717, 1.165) is 11.1 Å². The maximum absolute atomic E-state index is 11.0. The molecule has 0 bridgehead atoms. The van der Waals surface area contributed by atoms with Crippen molar-refractivity contribution in [2.24, 2.45) is 0 Å². The molecule has 0 saturated carbocycles. The predicted octanol–water partition coefficient (Wildman–Crippen LogP) is 4.18. The molecule has 1 unspecified atom stereocenters. The molecule has 0 aliphatic heterocycles. The van der Waals surface area contributed by atoms with Crippen molar-refractivity contribution in [3.05, 3.63) is 65.8 Å². The zero-order valence-electron chi connectivity index (χ0n) is 15.8. The van der Waals surface area contributed by atoms with E-state index in [1.807, 2.05) is 38.1 Å². The molecule has 2 aromatic heterocycles.